The molecule has 4 rings (SSSR count). The third kappa shape index (κ3) is 6.80. The molecule has 1 saturated heterocycles. The van der Waals surface area contributed by atoms with Crippen molar-refractivity contribution >= 4 is 23.3 Å². The van der Waals surface area contributed by atoms with Gasteiger partial charge in [-0.2, -0.15) is 13.2 Å². The second kappa shape index (κ2) is 11.0. The van der Waals surface area contributed by atoms with Gasteiger partial charge in [-0.15, -0.1) is 11.3 Å². The Balaban J connectivity index is 1.26. The van der Waals surface area contributed by atoms with Gasteiger partial charge in [0, 0.05) is 42.5 Å². The van der Waals surface area contributed by atoms with Gasteiger partial charge in [0.1, 0.15) is 10.8 Å². The van der Waals surface area contributed by atoms with E-state index in [2.05, 4.69) is 16.6 Å². The number of aromatic nitrogens is 1. The molecule has 35 heavy (non-hydrogen) atoms. The number of carbonyl (C=O) groups is 2. The number of halogens is 3. The van der Waals surface area contributed by atoms with E-state index in [9.17, 15) is 22.8 Å². The smallest absolute Gasteiger partial charge is 0.491 e. The number of carbonyl (C=O) groups excluding carboxylic acids is 2. The number of ether oxygens (including phenoxy) is 2. The van der Waals surface area contributed by atoms with Crippen LogP contribution in [0, 0.1) is 0 Å². The molecule has 0 radical (unpaired) electrons. The lowest BCUT2D eigenvalue weighted by molar-refractivity contribution is -0.202. The number of hydrogen-bond acceptors (Lipinski definition) is 8. The molecular weight excluding hydrogens is 483 g/mol. The van der Waals surface area contributed by atoms with Crippen molar-refractivity contribution in [1.29, 1.82) is 0 Å². The molecule has 1 atom stereocenters. The summed E-state index contributed by atoms with van der Waals surface area (Å²) < 4.78 is 46.6. The molecular formula is C24H28F3N3O4S. The zero-order valence-corrected chi connectivity index (χ0v) is 20.3. The normalized spacial score (nSPS) is 18.9. The maximum absolute atomic E-state index is 12.3. The number of fused-ring (bicyclic) bond motifs is 1. The maximum atomic E-state index is 12.3. The van der Waals surface area contributed by atoms with Crippen molar-refractivity contribution in [2.45, 2.75) is 51.4 Å². The minimum Gasteiger partial charge on any atom is -0.494 e. The number of rotatable bonds is 8. The van der Waals surface area contributed by atoms with Crippen LogP contribution >= 0.6 is 11.3 Å². The van der Waals surface area contributed by atoms with Gasteiger partial charge in [0.2, 0.25) is 0 Å². The average molecular weight is 512 g/mol. The molecule has 11 heteroatoms. The van der Waals surface area contributed by atoms with Gasteiger partial charge in [-0.3, -0.25) is 9.69 Å². The third-order valence-electron chi connectivity index (χ3n) is 6.25. The van der Waals surface area contributed by atoms with Crippen LogP contribution in [0.25, 0.3) is 10.6 Å². The Morgan fingerprint density at radius 2 is 1.97 bits per heavy atom. The number of likely N-dealkylation sites (tertiary alicyclic amines) is 1. The van der Waals surface area contributed by atoms with Crippen molar-refractivity contribution in [1.82, 2.24) is 14.8 Å². The zero-order chi connectivity index (χ0) is 25.0. The molecule has 0 bridgehead atoms. The van der Waals surface area contributed by atoms with Crippen molar-refractivity contribution in [2.24, 2.45) is 0 Å². The lowest BCUT2D eigenvalue weighted by Gasteiger charge is -2.24. The topological polar surface area (TPSA) is 72.0 Å². The maximum Gasteiger partial charge on any atom is 0.491 e. The van der Waals surface area contributed by atoms with Crippen LogP contribution in [0.5, 0.6) is 5.75 Å². The summed E-state index contributed by atoms with van der Waals surface area (Å²) >= 11 is 1.48. The van der Waals surface area contributed by atoms with Crippen LogP contribution in [-0.2, 0) is 27.3 Å². The first-order chi connectivity index (χ1) is 16.7. The number of benzene rings is 1. The summed E-state index contributed by atoms with van der Waals surface area (Å²) in [6.45, 7) is 5.58. The van der Waals surface area contributed by atoms with Gasteiger partial charge in [-0.25, -0.2) is 9.78 Å². The summed E-state index contributed by atoms with van der Waals surface area (Å²) in [5.74, 6) is -2.90. The number of alkyl halides is 3. The summed E-state index contributed by atoms with van der Waals surface area (Å²) in [6.07, 6.45) is -1.10. The molecule has 1 aromatic heterocycles. The van der Waals surface area contributed by atoms with E-state index in [1.807, 2.05) is 24.3 Å². The molecule has 1 fully saturated rings. The van der Waals surface area contributed by atoms with Crippen LogP contribution in [0.2, 0.25) is 0 Å². The molecule has 0 unspecified atom stereocenters. The van der Waals surface area contributed by atoms with Crippen molar-refractivity contribution in [3.05, 3.63) is 34.8 Å². The van der Waals surface area contributed by atoms with Crippen LogP contribution in [0.1, 0.15) is 36.8 Å². The Morgan fingerprint density at radius 3 is 2.66 bits per heavy atom. The lowest BCUT2D eigenvalue weighted by atomic mass is 10.1. The molecule has 2 aliphatic rings. The van der Waals surface area contributed by atoms with Gasteiger partial charge >= 0.3 is 18.1 Å². The number of esters is 2. The standard InChI is InChI=1S/C24H28F3N3O4S/c1-16-4-2-10-30(16)11-3-13-33-18-7-5-17(6-8-18)22-28-19-9-12-29(14-20(19)35-22)15-21(31)34-23(32)24(25,26)27/h5-8,16H,2-4,9-15H2,1H3/t16-/m1/s1. The van der Waals surface area contributed by atoms with Crippen molar-refractivity contribution in [3.8, 4) is 16.3 Å². The first-order valence-corrected chi connectivity index (χ1v) is 12.5. The Bertz CT molecular complexity index is 1040. The summed E-state index contributed by atoms with van der Waals surface area (Å²) in [4.78, 5) is 32.3. The van der Waals surface area contributed by atoms with E-state index in [1.54, 1.807) is 4.90 Å². The minimum atomic E-state index is -5.19. The van der Waals surface area contributed by atoms with Crippen LogP contribution in [0.4, 0.5) is 13.2 Å². The predicted octanol–water partition coefficient (Wildman–Crippen LogP) is 4.05. The Kier molecular flexibility index (Phi) is 8.08. The van der Waals surface area contributed by atoms with Gasteiger partial charge in [0.15, 0.2) is 0 Å². The highest BCUT2D eigenvalue weighted by atomic mass is 32.1. The fourth-order valence-electron chi connectivity index (χ4n) is 4.36. The average Bonchev–Trinajstić information content (AvgIpc) is 3.42. The van der Waals surface area contributed by atoms with Crippen LogP contribution in [-0.4, -0.2) is 71.7 Å². The van der Waals surface area contributed by atoms with E-state index in [-0.39, 0.29) is 0 Å². The lowest BCUT2D eigenvalue weighted by Crippen LogP contribution is -2.37. The van der Waals surface area contributed by atoms with E-state index in [0.717, 1.165) is 39.9 Å². The highest BCUT2D eigenvalue weighted by molar-refractivity contribution is 7.15. The molecule has 2 aliphatic heterocycles. The van der Waals surface area contributed by atoms with Gasteiger partial charge in [0.05, 0.1) is 18.8 Å². The van der Waals surface area contributed by atoms with Gasteiger partial charge in [-0.05, 0) is 57.0 Å². The first kappa shape index (κ1) is 25.6. The zero-order valence-electron chi connectivity index (χ0n) is 19.5. The third-order valence-corrected chi connectivity index (χ3v) is 7.38. The van der Waals surface area contributed by atoms with Crippen molar-refractivity contribution in [3.63, 3.8) is 0 Å². The molecule has 1 aromatic carbocycles. The molecule has 0 N–H and O–H groups in total. The van der Waals surface area contributed by atoms with E-state index in [1.165, 1.54) is 30.7 Å². The summed E-state index contributed by atoms with van der Waals surface area (Å²) in [5, 5.41) is 0.834. The van der Waals surface area contributed by atoms with Crippen LogP contribution in [0.3, 0.4) is 0 Å². The molecule has 2 aromatic rings. The highest BCUT2D eigenvalue weighted by Crippen LogP contribution is 2.32. The Labute approximate surface area is 205 Å². The SMILES string of the molecule is C[C@@H]1CCCN1CCCOc1ccc(-c2nc3c(s2)CN(CC(=O)OC(=O)C(F)(F)F)CC3)cc1. The van der Waals surface area contributed by atoms with Gasteiger partial charge < -0.3 is 14.4 Å². The Morgan fingerprint density at radius 1 is 1.20 bits per heavy atom. The highest BCUT2D eigenvalue weighted by Gasteiger charge is 2.42. The summed E-state index contributed by atoms with van der Waals surface area (Å²) in [7, 11) is 0. The molecule has 7 nitrogen and oxygen atoms in total. The van der Waals surface area contributed by atoms with E-state index in [0.29, 0.717) is 32.2 Å². The molecule has 3 heterocycles. The molecule has 0 saturated carbocycles. The first-order valence-electron chi connectivity index (χ1n) is 11.7. The van der Waals surface area contributed by atoms with E-state index < -0.39 is 24.7 Å². The second-order valence-corrected chi connectivity index (χ2v) is 9.95. The van der Waals surface area contributed by atoms with Crippen molar-refractivity contribution in [2.75, 3.05) is 32.8 Å². The quantitative estimate of drug-likeness (QED) is 0.301. The molecule has 0 aliphatic carbocycles. The summed E-state index contributed by atoms with van der Waals surface area (Å²) in [5.41, 5.74) is 1.86. The van der Waals surface area contributed by atoms with Gasteiger partial charge in [-0.1, -0.05) is 0 Å². The number of nitrogens with zero attached hydrogens (tertiary/aromatic N) is 3. The van der Waals surface area contributed by atoms with E-state index in [4.69, 9.17) is 9.72 Å². The predicted molar refractivity (Wildman–Crippen MR) is 124 cm³/mol. The monoisotopic (exact) mass is 511 g/mol. The van der Waals surface area contributed by atoms with Gasteiger partial charge in [0.25, 0.3) is 0 Å². The fraction of sp³-hybridized carbons (Fsp3) is 0.542. The number of thiazole rings is 1. The molecule has 0 spiro atoms. The van der Waals surface area contributed by atoms with Crippen LogP contribution in [0.15, 0.2) is 24.3 Å². The summed E-state index contributed by atoms with van der Waals surface area (Å²) in [6, 6.07) is 8.43. The van der Waals surface area contributed by atoms with Crippen molar-refractivity contribution < 1.29 is 32.2 Å². The second-order valence-electron chi connectivity index (χ2n) is 8.86. The van der Waals surface area contributed by atoms with E-state index >= 15 is 0 Å². The van der Waals surface area contributed by atoms with Crippen LogP contribution < -0.4 is 4.74 Å². The Hall–Kier alpha value is -2.50. The number of hydrogen-bond donors (Lipinski definition) is 0. The largest absolute Gasteiger partial charge is 0.494 e. The minimum absolute atomic E-state index is 0.360. The molecule has 0 amide bonds. The fourth-order valence-corrected chi connectivity index (χ4v) is 5.52. The molecule has 190 valence electrons.